The predicted molar refractivity (Wildman–Crippen MR) is 163 cm³/mol. The molecule has 0 aromatic rings. The van der Waals surface area contributed by atoms with E-state index in [-0.39, 0.29) is 45.7 Å². The molecule has 8 unspecified atom stereocenters. The second kappa shape index (κ2) is 9.42. The molecule has 7 rings (SSSR count). The summed E-state index contributed by atoms with van der Waals surface area (Å²) in [6.45, 7) is 18.2. The monoisotopic (exact) mass is 600 g/mol. The van der Waals surface area contributed by atoms with E-state index in [4.69, 9.17) is 14.2 Å². The zero-order chi connectivity index (χ0) is 31.0. The van der Waals surface area contributed by atoms with Gasteiger partial charge < -0.3 is 24.4 Å². The van der Waals surface area contributed by atoms with Gasteiger partial charge in [0.2, 0.25) is 0 Å². The first kappa shape index (κ1) is 30.4. The highest BCUT2D eigenvalue weighted by Crippen LogP contribution is 2.89. The Morgan fingerprint density at radius 3 is 2.44 bits per heavy atom. The molecule has 8 heteroatoms. The minimum atomic E-state index is -1.24. The van der Waals surface area contributed by atoms with Gasteiger partial charge in [-0.2, -0.15) is 0 Å². The van der Waals surface area contributed by atoms with E-state index in [9.17, 15) is 15.0 Å². The maximum absolute atomic E-state index is 12.5. The predicted octanol–water partition coefficient (Wildman–Crippen LogP) is 4.85. The number of nitrogens with zero attached hydrogens (tertiary/aromatic N) is 1. The molecule has 43 heavy (non-hydrogen) atoms. The van der Waals surface area contributed by atoms with Crippen LogP contribution in [0.15, 0.2) is 4.99 Å². The Labute approximate surface area is 258 Å². The fraction of sp³-hybridized carbons (Fsp3) is 0.943. The first-order valence-corrected chi connectivity index (χ1v) is 17.2. The van der Waals surface area contributed by atoms with E-state index in [1.165, 1.54) is 32.6 Å². The molecule has 13 atom stereocenters. The smallest absolute Gasteiger partial charge is 0.303 e. The second-order valence-corrected chi connectivity index (χ2v) is 17.5. The van der Waals surface area contributed by atoms with Gasteiger partial charge in [0.25, 0.3) is 0 Å². The van der Waals surface area contributed by atoms with Gasteiger partial charge in [0.05, 0.1) is 37.1 Å². The van der Waals surface area contributed by atoms with Gasteiger partial charge in [-0.3, -0.25) is 10.1 Å². The van der Waals surface area contributed by atoms with Gasteiger partial charge in [0.1, 0.15) is 6.10 Å². The van der Waals surface area contributed by atoms with Gasteiger partial charge in [-0.05, 0) is 105 Å². The molecule has 8 nitrogen and oxygen atoms in total. The summed E-state index contributed by atoms with van der Waals surface area (Å²) in [5.74, 6) is 2.05. The van der Waals surface area contributed by atoms with Crippen LogP contribution in [-0.4, -0.2) is 71.4 Å². The van der Waals surface area contributed by atoms with E-state index >= 15 is 0 Å². The highest BCUT2D eigenvalue weighted by atomic mass is 16.6. The molecule has 0 radical (unpaired) electrons. The van der Waals surface area contributed by atoms with Gasteiger partial charge in [0.15, 0.2) is 12.0 Å². The van der Waals surface area contributed by atoms with Crippen LogP contribution in [0.2, 0.25) is 0 Å². The topological polar surface area (TPSA) is 110 Å². The highest BCUT2D eigenvalue weighted by Gasteiger charge is 2.84. The summed E-state index contributed by atoms with van der Waals surface area (Å²) in [5.41, 5.74) is -0.845. The molecule has 0 aromatic heterocycles. The number of nitrogens with one attached hydrogen (secondary N) is 1. The Bertz CT molecular complexity index is 1200. The maximum atomic E-state index is 12.5. The number of ether oxygens (including phenoxy) is 3. The minimum absolute atomic E-state index is 0.0386. The van der Waals surface area contributed by atoms with E-state index < -0.39 is 29.9 Å². The van der Waals surface area contributed by atoms with Gasteiger partial charge >= 0.3 is 5.97 Å². The van der Waals surface area contributed by atoms with Crippen LogP contribution in [0.3, 0.4) is 0 Å². The molecule has 5 aliphatic carbocycles. The number of aliphatic hydroxyl groups is 2. The van der Waals surface area contributed by atoms with Gasteiger partial charge in [-0.15, -0.1) is 0 Å². The zero-order valence-electron chi connectivity index (χ0n) is 27.7. The van der Waals surface area contributed by atoms with Gasteiger partial charge in [0, 0.05) is 17.8 Å². The van der Waals surface area contributed by atoms with Crippen LogP contribution in [0.5, 0.6) is 0 Å². The number of hydrogen-bond donors (Lipinski definition) is 3. The fourth-order valence-electron chi connectivity index (χ4n) is 13.2. The molecular formula is C35H56N2O6. The van der Waals surface area contributed by atoms with Crippen LogP contribution in [0.25, 0.3) is 0 Å². The first-order valence-electron chi connectivity index (χ1n) is 17.2. The van der Waals surface area contributed by atoms with Gasteiger partial charge in [-0.1, -0.05) is 34.6 Å². The summed E-state index contributed by atoms with van der Waals surface area (Å²) in [7, 11) is 0. The highest BCUT2D eigenvalue weighted by molar-refractivity contribution is 5.79. The van der Waals surface area contributed by atoms with Crippen LogP contribution >= 0.6 is 0 Å². The first-order chi connectivity index (χ1) is 20.0. The molecule has 2 spiro atoms. The lowest BCUT2D eigenvalue weighted by atomic mass is 9.41. The second-order valence-electron chi connectivity index (χ2n) is 17.5. The van der Waals surface area contributed by atoms with Crippen molar-refractivity contribution >= 4 is 11.9 Å². The molecule has 0 aromatic carbocycles. The van der Waals surface area contributed by atoms with Crippen molar-refractivity contribution < 1.29 is 29.2 Å². The Balaban J connectivity index is 1.18. The molecule has 6 fully saturated rings. The summed E-state index contributed by atoms with van der Waals surface area (Å²) in [6.07, 6.45) is 7.03. The van der Waals surface area contributed by atoms with E-state index in [0.717, 1.165) is 31.7 Å². The number of aliphatic imine (C=N–C) groups is 1. The molecule has 0 bridgehead atoms. The standard InChI is InChI=1S/C35H56N2O6/c1-19-15-21(29(31(5,6)40)41-20(2)38)42-27-26(19)32(7)13-14-35-17-34(35)12-11-24(43-25-16-36-18-37-25)30(3,4)22(34)9-10-23(35)33(32,8)28(27)39/h19,21-24,26-29,36,39-40H,9-18H2,1-8H3/t19-,21?,22+,23?,24?,26+,27?,28+,29?,32?,33-,34?,35?/m1/s1. The molecule has 2 aliphatic heterocycles. The van der Waals surface area contributed by atoms with Crippen molar-refractivity contribution in [3.63, 3.8) is 0 Å². The molecule has 7 aliphatic rings. The lowest BCUT2D eigenvalue weighted by Crippen LogP contribution is -2.60. The molecule has 242 valence electrons. The molecule has 3 N–H and O–H groups in total. The number of carbonyl (C=O) groups is 1. The Morgan fingerprint density at radius 2 is 1.79 bits per heavy atom. The number of esters is 1. The van der Waals surface area contributed by atoms with Crippen LogP contribution in [0.1, 0.15) is 107 Å². The Kier molecular flexibility index (Phi) is 6.67. The van der Waals surface area contributed by atoms with Crippen LogP contribution in [-0.2, 0) is 19.0 Å². The van der Waals surface area contributed by atoms with Crippen molar-refractivity contribution in [2.24, 2.45) is 55.7 Å². The fourth-order valence-corrected chi connectivity index (χ4v) is 13.2. The lowest BCUT2D eigenvalue weighted by molar-refractivity contribution is -0.216. The van der Waals surface area contributed by atoms with Crippen molar-refractivity contribution in [2.45, 2.75) is 143 Å². The Morgan fingerprint density at radius 1 is 1.09 bits per heavy atom. The van der Waals surface area contributed by atoms with Crippen molar-refractivity contribution in [1.29, 1.82) is 0 Å². The molecule has 2 heterocycles. The van der Waals surface area contributed by atoms with E-state index in [1.54, 1.807) is 13.8 Å². The number of carbonyl (C=O) groups excluding carboxylic acids is 1. The molecular weight excluding hydrogens is 544 g/mol. The summed E-state index contributed by atoms with van der Waals surface area (Å²) >= 11 is 0. The summed E-state index contributed by atoms with van der Waals surface area (Å²) < 4.78 is 19.1. The number of rotatable bonds is 4. The lowest BCUT2D eigenvalue weighted by Gasteiger charge is -2.63. The third-order valence-electron chi connectivity index (χ3n) is 15.0. The Hall–Kier alpha value is -1.22. The SMILES string of the molecule is CC(=O)OC(C1C[C@@H](C)[C@H]2C(O1)[C@H](O)[C@@]1(C)C3CC[C@H]4C(C)(C)C(OC5=NCNC5)CCC45CC35CCC21C)C(C)(C)O. The van der Waals surface area contributed by atoms with E-state index in [2.05, 4.69) is 44.9 Å². The average molecular weight is 601 g/mol. The molecule has 1 saturated heterocycles. The largest absolute Gasteiger partial charge is 0.476 e. The third kappa shape index (κ3) is 3.88. The van der Waals surface area contributed by atoms with Crippen LogP contribution < -0.4 is 5.32 Å². The van der Waals surface area contributed by atoms with Crippen molar-refractivity contribution in [2.75, 3.05) is 13.2 Å². The van der Waals surface area contributed by atoms with Crippen LogP contribution in [0, 0.1) is 50.7 Å². The summed E-state index contributed by atoms with van der Waals surface area (Å²) in [5, 5.41) is 26.7. The maximum Gasteiger partial charge on any atom is 0.303 e. The number of hydrogen-bond acceptors (Lipinski definition) is 8. The van der Waals surface area contributed by atoms with Crippen molar-refractivity contribution in [3.05, 3.63) is 0 Å². The average Bonchev–Trinajstić information content (AvgIpc) is 3.19. The van der Waals surface area contributed by atoms with Gasteiger partial charge in [-0.25, -0.2) is 4.99 Å². The third-order valence-corrected chi connectivity index (χ3v) is 15.0. The quantitative estimate of drug-likeness (QED) is 0.396. The van der Waals surface area contributed by atoms with E-state index in [1.807, 2.05) is 0 Å². The zero-order valence-corrected chi connectivity index (χ0v) is 27.7. The van der Waals surface area contributed by atoms with E-state index in [0.29, 0.717) is 30.3 Å². The minimum Gasteiger partial charge on any atom is -0.476 e. The normalized spacial score (nSPS) is 52.0. The van der Waals surface area contributed by atoms with Crippen LogP contribution in [0.4, 0.5) is 0 Å². The number of aliphatic hydroxyl groups excluding tert-OH is 1. The summed E-state index contributed by atoms with van der Waals surface area (Å²) in [4.78, 5) is 16.6. The van der Waals surface area contributed by atoms with Crippen molar-refractivity contribution in [3.8, 4) is 0 Å². The molecule has 0 amide bonds. The molecule has 5 saturated carbocycles. The summed E-state index contributed by atoms with van der Waals surface area (Å²) in [6, 6.07) is 0. The van der Waals surface area contributed by atoms with Crippen molar-refractivity contribution in [1.82, 2.24) is 5.32 Å². The number of fused-ring (bicyclic) bond motifs is 4.